The first-order valence-corrected chi connectivity index (χ1v) is 50.8. The zero-order valence-corrected chi connectivity index (χ0v) is 80.0. The average Bonchev–Trinajstić information content (AvgIpc) is 0.679. The van der Waals surface area contributed by atoms with Crippen LogP contribution in [0.1, 0.15) is 0 Å². The fourth-order valence-corrected chi connectivity index (χ4v) is 24.2. The molecule has 0 unspecified atom stereocenters. The molecular weight excluding hydrogens is 1750 g/mol. The standard InChI is InChI=1S/C54H34.2C46H28/c1-3-10-37-28-41(18-16-35(37)8-1)39-12-7-13-40(30-39)47-24-26-51-52-27-25-48(34-54(52)50-15-6-5-14-49(50)53(51)33-47)46-23-22-44-31-43(20-21-45(44)32-46)42-19-17-36-9-2-4-11-38(36)29-42;1-3-13-33-29(11-1)25-43(37-17-7-5-15-35(33)37)31-21-23-41-42-24-22-32(28-46(42)40-20-10-9-19-39(40)45(41)27-31)44-26-30-12-2-4-14-34(30)36-16-6-8-18-38(36)44;1-3-13-39-35(9-1)37-11-5-7-15-41(37)45-27-33(21-23-43(39)45)31-19-17-30-26-32(20-18-29(30)25-31)34-22-24-44-40-14-4-2-10-36(40)38-12-6-8-16-42(38)46(44)28-34/h1-34H;2*1-28H. The van der Waals surface area contributed by atoms with Crippen molar-refractivity contribution in [3.05, 3.63) is 546 Å². The summed E-state index contributed by atoms with van der Waals surface area (Å²) < 4.78 is 0. The Bertz CT molecular complexity index is 10400. The van der Waals surface area contributed by atoms with Crippen LogP contribution in [0.3, 0.4) is 0 Å². The van der Waals surface area contributed by atoms with Crippen molar-refractivity contribution >= 4 is 215 Å². The van der Waals surface area contributed by atoms with Gasteiger partial charge in [0.15, 0.2) is 0 Å². The van der Waals surface area contributed by atoms with E-state index in [0.29, 0.717) is 0 Å². The topological polar surface area (TPSA) is 0 Å². The first kappa shape index (κ1) is 83.9. The van der Waals surface area contributed by atoms with Crippen LogP contribution in [0.5, 0.6) is 0 Å². The van der Waals surface area contributed by atoms with Crippen molar-refractivity contribution in [2.45, 2.75) is 0 Å². The van der Waals surface area contributed by atoms with Gasteiger partial charge in [-0.25, -0.2) is 0 Å². The summed E-state index contributed by atoms with van der Waals surface area (Å²) in [5.41, 5.74) is 19.9. The molecule has 0 bridgehead atoms. The molecule has 0 saturated heterocycles. The van der Waals surface area contributed by atoms with Gasteiger partial charge >= 0.3 is 0 Å². The summed E-state index contributed by atoms with van der Waals surface area (Å²) in [7, 11) is 0. The molecule has 0 aliphatic heterocycles. The molecule has 0 heterocycles. The van der Waals surface area contributed by atoms with Gasteiger partial charge in [0.2, 0.25) is 0 Å². The second-order valence-corrected chi connectivity index (χ2v) is 39.5. The van der Waals surface area contributed by atoms with Gasteiger partial charge in [-0.15, -0.1) is 0 Å². The zero-order valence-electron chi connectivity index (χ0n) is 80.0. The molecule has 674 valence electrons. The molecule has 0 N–H and O–H groups in total. The van der Waals surface area contributed by atoms with Gasteiger partial charge in [0.05, 0.1) is 0 Å². The van der Waals surface area contributed by atoms with Gasteiger partial charge in [-0.05, 0) is 395 Å². The summed E-state index contributed by atoms with van der Waals surface area (Å²) in [6.45, 7) is 0. The first-order valence-electron chi connectivity index (χ1n) is 50.8. The highest BCUT2D eigenvalue weighted by Gasteiger charge is 2.21. The number of hydrogen-bond donors (Lipinski definition) is 0. The molecule has 0 radical (unpaired) electrons. The molecule has 0 fully saturated rings. The average molecular weight is 1840 g/mol. The monoisotopic (exact) mass is 1840 g/mol. The van der Waals surface area contributed by atoms with Crippen LogP contribution in [0.25, 0.3) is 304 Å². The van der Waals surface area contributed by atoms with E-state index in [4.69, 9.17) is 0 Å². The molecule has 0 aliphatic carbocycles. The lowest BCUT2D eigenvalue weighted by atomic mass is 9.88. The van der Waals surface area contributed by atoms with Gasteiger partial charge in [0.1, 0.15) is 0 Å². The van der Waals surface area contributed by atoms with Gasteiger partial charge in [0.25, 0.3) is 0 Å². The molecule has 31 aromatic rings. The van der Waals surface area contributed by atoms with Gasteiger partial charge in [-0.3, -0.25) is 0 Å². The maximum absolute atomic E-state index is 2.42. The van der Waals surface area contributed by atoms with Crippen molar-refractivity contribution in [3.8, 4) is 89.0 Å². The minimum absolute atomic E-state index is 1.22. The third kappa shape index (κ3) is 14.3. The lowest BCUT2D eigenvalue weighted by Crippen LogP contribution is -1.89. The van der Waals surface area contributed by atoms with Crippen molar-refractivity contribution in [3.63, 3.8) is 0 Å². The lowest BCUT2D eigenvalue weighted by molar-refractivity contribution is 1.62. The van der Waals surface area contributed by atoms with Crippen molar-refractivity contribution in [1.82, 2.24) is 0 Å². The van der Waals surface area contributed by atoms with Gasteiger partial charge in [-0.1, -0.05) is 455 Å². The Morgan fingerprint density at radius 2 is 0.212 bits per heavy atom. The SMILES string of the molecule is c1cc(-c2ccc3ccccc3c2)cc(-c2ccc3c4ccc(-c5ccc6cc(-c7ccc8ccccc8c7)ccc6c5)cc4c4ccccc4c3c2)c1.c1ccc2c(c1)c1ccccc1c1cc(-c3ccc4cc(-c5ccc6c7ccccc7c7ccccc7c6c5)ccc4c3)ccc21.c1ccc2c(c1)cc(-c1ccc3c4ccc(-c5cc6ccccc6c6ccccc56)cc4c4ccccc4c3c1)c1ccccc12. The van der Waals surface area contributed by atoms with E-state index in [-0.39, 0.29) is 0 Å². The predicted molar refractivity (Wildman–Crippen MR) is 633 cm³/mol. The fourth-order valence-electron chi connectivity index (χ4n) is 24.2. The largest absolute Gasteiger partial charge is 0.0616 e. The van der Waals surface area contributed by atoms with Crippen molar-refractivity contribution in [2.24, 2.45) is 0 Å². The summed E-state index contributed by atoms with van der Waals surface area (Å²) in [5, 5.41) is 51.5. The molecule has 0 aliphatic rings. The van der Waals surface area contributed by atoms with Crippen molar-refractivity contribution in [2.75, 3.05) is 0 Å². The quantitative estimate of drug-likeness (QED) is 0.133. The Morgan fingerprint density at radius 1 is 0.0616 bits per heavy atom. The summed E-state index contributed by atoms with van der Waals surface area (Å²) in [6.07, 6.45) is 0. The van der Waals surface area contributed by atoms with E-state index in [9.17, 15) is 0 Å². The highest BCUT2D eigenvalue weighted by molar-refractivity contribution is 6.31. The molecule has 0 saturated carbocycles. The maximum Gasteiger partial charge on any atom is -0.00928 e. The van der Waals surface area contributed by atoms with Crippen molar-refractivity contribution in [1.29, 1.82) is 0 Å². The van der Waals surface area contributed by atoms with Crippen LogP contribution in [-0.2, 0) is 0 Å². The van der Waals surface area contributed by atoms with Crippen LogP contribution in [-0.4, -0.2) is 0 Å². The molecule has 31 aromatic carbocycles. The number of rotatable bonds is 8. The van der Waals surface area contributed by atoms with E-state index < -0.39 is 0 Å². The minimum atomic E-state index is 1.22. The normalized spacial score (nSPS) is 11.8. The summed E-state index contributed by atoms with van der Waals surface area (Å²) in [5.74, 6) is 0. The molecule has 31 rings (SSSR count). The van der Waals surface area contributed by atoms with E-state index in [1.54, 1.807) is 0 Å². The second-order valence-electron chi connectivity index (χ2n) is 39.5. The molecule has 146 heavy (non-hydrogen) atoms. The number of benzene rings is 31. The van der Waals surface area contributed by atoms with Crippen LogP contribution in [0.2, 0.25) is 0 Å². The third-order valence-electron chi connectivity index (χ3n) is 31.4. The molecule has 0 spiro atoms. The molecule has 0 heteroatoms. The van der Waals surface area contributed by atoms with E-state index in [2.05, 4.69) is 546 Å². The van der Waals surface area contributed by atoms with Crippen LogP contribution < -0.4 is 0 Å². The Labute approximate surface area is 844 Å². The first-order chi connectivity index (χ1) is 72.3. The Hall–Kier alpha value is -19.0. The van der Waals surface area contributed by atoms with E-state index >= 15 is 0 Å². The molecule has 0 atom stereocenters. The lowest BCUT2D eigenvalue weighted by Gasteiger charge is -2.16. The Balaban J connectivity index is 0.000000104. The van der Waals surface area contributed by atoms with E-state index in [1.165, 1.54) is 304 Å². The summed E-state index contributed by atoms with van der Waals surface area (Å²) in [4.78, 5) is 0. The second kappa shape index (κ2) is 34.5. The Kier molecular flexibility index (Phi) is 19.8. The number of hydrogen-bond acceptors (Lipinski definition) is 0. The molecule has 0 aromatic heterocycles. The maximum atomic E-state index is 2.42. The fraction of sp³-hybridized carbons (Fsp3) is 0. The highest BCUT2D eigenvalue weighted by Crippen LogP contribution is 2.48. The van der Waals surface area contributed by atoms with Gasteiger partial charge in [0, 0.05) is 0 Å². The van der Waals surface area contributed by atoms with Gasteiger partial charge < -0.3 is 0 Å². The molecule has 0 nitrogen and oxygen atoms in total. The van der Waals surface area contributed by atoms with Crippen LogP contribution in [0.4, 0.5) is 0 Å². The minimum Gasteiger partial charge on any atom is -0.0616 e. The van der Waals surface area contributed by atoms with E-state index in [0.717, 1.165) is 0 Å². The highest BCUT2D eigenvalue weighted by atomic mass is 14.2. The summed E-state index contributed by atoms with van der Waals surface area (Å²) >= 11 is 0. The van der Waals surface area contributed by atoms with Crippen LogP contribution in [0.15, 0.2) is 546 Å². The van der Waals surface area contributed by atoms with E-state index in [1.807, 2.05) is 0 Å². The zero-order chi connectivity index (χ0) is 96.0. The number of fused-ring (bicyclic) bond motifs is 34. The van der Waals surface area contributed by atoms with Crippen LogP contribution >= 0.6 is 0 Å². The van der Waals surface area contributed by atoms with Gasteiger partial charge in [-0.2, -0.15) is 0 Å². The predicted octanol–water partition coefficient (Wildman–Crippen LogP) is 41.5. The molecule has 0 amide bonds. The van der Waals surface area contributed by atoms with Crippen molar-refractivity contribution < 1.29 is 0 Å². The third-order valence-corrected chi connectivity index (χ3v) is 31.4. The summed E-state index contributed by atoms with van der Waals surface area (Å²) in [6, 6.07) is 202. The van der Waals surface area contributed by atoms with Crippen LogP contribution in [0, 0.1) is 0 Å². The Morgan fingerprint density at radius 3 is 0.466 bits per heavy atom. The molecular formula is C146H90. The smallest absolute Gasteiger partial charge is 0.00928 e.